The first-order chi connectivity index (χ1) is 9.63. The first kappa shape index (κ1) is 14.8. The molecule has 0 aromatic carbocycles. The van der Waals surface area contributed by atoms with Crippen molar-refractivity contribution in [2.45, 2.75) is 44.3 Å². The molecule has 0 unspecified atom stereocenters. The average molecular weight is 298 g/mol. The summed E-state index contributed by atoms with van der Waals surface area (Å²) in [7, 11) is 0. The maximum Gasteiger partial charge on any atom is 0.343 e. The number of H-pyrrole nitrogens is 1. The van der Waals surface area contributed by atoms with E-state index in [0.29, 0.717) is 24.7 Å². The van der Waals surface area contributed by atoms with Crippen molar-refractivity contribution in [3.05, 3.63) is 10.5 Å². The highest BCUT2D eigenvalue weighted by Gasteiger charge is 2.26. The molecule has 1 aromatic rings. The van der Waals surface area contributed by atoms with Crippen molar-refractivity contribution >= 4 is 23.6 Å². The highest BCUT2D eigenvalue weighted by Crippen LogP contribution is 2.17. The van der Waals surface area contributed by atoms with E-state index >= 15 is 0 Å². The molecule has 20 heavy (non-hydrogen) atoms. The molecular weight excluding hydrogens is 280 g/mol. The number of carbonyl (C=O) groups excluding carboxylic acids is 2. The second-order valence-electron chi connectivity index (χ2n) is 4.65. The van der Waals surface area contributed by atoms with Crippen molar-refractivity contribution < 1.29 is 9.59 Å². The zero-order valence-corrected chi connectivity index (χ0v) is 12.2. The first-order valence-corrected chi connectivity index (χ1v) is 7.73. The minimum Gasteiger partial charge on any atom is -0.282 e. The lowest BCUT2D eigenvalue weighted by atomic mass is 10.3. The monoisotopic (exact) mass is 298 g/mol. The topological polar surface area (TPSA) is 88.1 Å². The zero-order chi connectivity index (χ0) is 14.5. The summed E-state index contributed by atoms with van der Waals surface area (Å²) < 4.78 is 1.53. The van der Waals surface area contributed by atoms with Crippen molar-refractivity contribution in [3.8, 4) is 0 Å². The molecule has 1 saturated heterocycles. The highest BCUT2D eigenvalue weighted by atomic mass is 32.2. The van der Waals surface area contributed by atoms with E-state index in [2.05, 4.69) is 10.2 Å². The number of aromatic amines is 1. The maximum atomic E-state index is 11.9. The van der Waals surface area contributed by atoms with Gasteiger partial charge in [0.1, 0.15) is 0 Å². The lowest BCUT2D eigenvalue weighted by Gasteiger charge is -2.12. The number of imide groups is 1. The third-order valence-corrected chi connectivity index (χ3v) is 4.12. The molecule has 7 nitrogen and oxygen atoms in total. The SMILES string of the molecule is CCCCn1c(SCC(=O)N2CCCC2=O)n[nH]c1=O. The Balaban J connectivity index is 1.95. The van der Waals surface area contributed by atoms with Gasteiger partial charge >= 0.3 is 5.69 Å². The lowest BCUT2D eigenvalue weighted by molar-refractivity contribution is -0.140. The summed E-state index contributed by atoms with van der Waals surface area (Å²) in [5.74, 6) is -0.196. The fraction of sp³-hybridized carbons (Fsp3) is 0.667. The van der Waals surface area contributed by atoms with E-state index in [1.54, 1.807) is 0 Å². The van der Waals surface area contributed by atoms with Crippen LogP contribution in [0.4, 0.5) is 0 Å². The molecule has 8 heteroatoms. The number of amides is 2. The molecule has 0 bridgehead atoms. The summed E-state index contributed by atoms with van der Waals surface area (Å²) >= 11 is 1.19. The molecular formula is C12H18N4O3S. The van der Waals surface area contributed by atoms with Crippen molar-refractivity contribution in [2.24, 2.45) is 0 Å². The van der Waals surface area contributed by atoms with E-state index < -0.39 is 0 Å². The number of nitrogens with zero attached hydrogens (tertiary/aromatic N) is 3. The van der Waals surface area contributed by atoms with Crippen LogP contribution in [0.5, 0.6) is 0 Å². The predicted molar refractivity (Wildman–Crippen MR) is 74.4 cm³/mol. The van der Waals surface area contributed by atoms with Crippen LogP contribution in [0.2, 0.25) is 0 Å². The summed E-state index contributed by atoms with van der Waals surface area (Å²) in [5, 5.41) is 6.82. The Hall–Kier alpha value is -1.57. The lowest BCUT2D eigenvalue weighted by Crippen LogP contribution is -2.33. The molecule has 1 aliphatic heterocycles. The Bertz CT molecular complexity index is 551. The van der Waals surface area contributed by atoms with Crippen LogP contribution in [0.3, 0.4) is 0 Å². The second-order valence-corrected chi connectivity index (χ2v) is 5.59. The second kappa shape index (κ2) is 6.74. The van der Waals surface area contributed by atoms with Gasteiger partial charge in [-0.15, -0.1) is 5.10 Å². The largest absolute Gasteiger partial charge is 0.343 e. The Kier molecular flexibility index (Phi) is 4.99. The van der Waals surface area contributed by atoms with Crippen molar-refractivity contribution in [1.29, 1.82) is 0 Å². The van der Waals surface area contributed by atoms with Crippen molar-refractivity contribution in [3.63, 3.8) is 0 Å². The molecule has 2 amide bonds. The Morgan fingerprint density at radius 2 is 2.25 bits per heavy atom. The summed E-state index contributed by atoms with van der Waals surface area (Å²) in [6, 6.07) is 0. The van der Waals surface area contributed by atoms with Gasteiger partial charge in [-0.05, 0) is 12.8 Å². The fourth-order valence-electron chi connectivity index (χ4n) is 2.04. The molecule has 0 saturated carbocycles. The van der Waals surface area contributed by atoms with Crippen LogP contribution in [-0.2, 0) is 16.1 Å². The van der Waals surface area contributed by atoms with Gasteiger partial charge < -0.3 is 0 Å². The third kappa shape index (κ3) is 3.30. The van der Waals surface area contributed by atoms with Gasteiger partial charge in [0.2, 0.25) is 11.8 Å². The van der Waals surface area contributed by atoms with Gasteiger partial charge in [-0.2, -0.15) is 0 Å². The zero-order valence-electron chi connectivity index (χ0n) is 11.4. The van der Waals surface area contributed by atoms with Gasteiger partial charge in [-0.1, -0.05) is 25.1 Å². The number of carbonyl (C=O) groups is 2. The van der Waals surface area contributed by atoms with Crippen molar-refractivity contribution in [2.75, 3.05) is 12.3 Å². The summed E-state index contributed by atoms with van der Waals surface area (Å²) in [6.07, 6.45) is 3.04. The number of thioether (sulfide) groups is 1. The molecule has 1 aliphatic rings. The summed E-state index contributed by atoms with van der Waals surface area (Å²) in [5.41, 5.74) is -0.259. The molecule has 110 valence electrons. The van der Waals surface area contributed by atoms with E-state index in [1.807, 2.05) is 6.92 Å². The summed E-state index contributed by atoms with van der Waals surface area (Å²) in [6.45, 7) is 3.13. The van der Waals surface area contributed by atoms with Crippen LogP contribution >= 0.6 is 11.8 Å². The Morgan fingerprint density at radius 1 is 1.45 bits per heavy atom. The summed E-state index contributed by atoms with van der Waals surface area (Å²) in [4.78, 5) is 36.2. The third-order valence-electron chi connectivity index (χ3n) is 3.16. The number of unbranched alkanes of at least 4 members (excludes halogenated alkanes) is 1. The van der Waals surface area contributed by atoms with Crippen LogP contribution < -0.4 is 5.69 Å². The quantitative estimate of drug-likeness (QED) is 0.778. The molecule has 0 spiro atoms. The van der Waals surface area contributed by atoms with Crippen LogP contribution in [0.15, 0.2) is 9.95 Å². The minimum absolute atomic E-state index is 0.110. The molecule has 0 radical (unpaired) electrons. The number of hydrogen-bond donors (Lipinski definition) is 1. The highest BCUT2D eigenvalue weighted by molar-refractivity contribution is 7.99. The molecule has 2 rings (SSSR count). The van der Waals surface area contributed by atoms with Gasteiger partial charge in [-0.25, -0.2) is 9.89 Å². The van der Waals surface area contributed by atoms with E-state index in [9.17, 15) is 14.4 Å². The Morgan fingerprint density at radius 3 is 2.90 bits per heavy atom. The first-order valence-electron chi connectivity index (χ1n) is 6.74. The molecule has 0 aliphatic carbocycles. The molecule has 1 fully saturated rings. The fourth-order valence-corrected chi connectivity index (χ4v) is 2.89. The molecule has 0 atom stereocenters. The molecule has 1 aromatic heterocycles. The van der Waals surface area contributed by atoms with Crippen LogP contribution in [0, 0.1) is 0 Å². The smallest absolute Gasteiger partial charge is 0.282 e. The van der Waals surface area contributed by atoms with Gasteiger partial charge in [0.25, 0.3) is 0 Å². The van der Waals surface area contributed by atoms with E-state index in [1.165, 1.54) is 21.2 Å². The van der Waals surface area contributed by atoms with Gasteiger partial charge in [-0.3, -0.25) is 19.1 Å². The molecule has 2 heterocycles. The normalized spacial score (nSPS) is 15.1. The van der Waals surface area contributed by atoms with Crippen molar-refractivity contribution in [1.82, 2.24) is 19.7 Å². The van der Waals surface area contributed by atoms with Crippen LogP contribution in [-0.4, -0.2) is 43.8 Å². The number of hydrogen-bond acceptors (Lipinski definition) is 5. The van der Waals surface area contributed by atoms with Gasteiger partial charge in [0, 0.05) is 19.5 Å². The van der Waals surface area contributed by atoms with E-state index in [4.69, 9.17) is 0 Å². The van der Waals surface area contributed by atoms with Crippen LogP contribution in [0.1, 0.15) is 32.6 Å². The van der Waals surface area contributed by atoms with Gasteiger partial charge in [0.15, 0.2) is 5.16 Å². The number of likely N-dealkylation sites (tertiary alicyclic amines) is 1. The average Bonchev–Trinajstić information content (AvgIpc) is 3.00. The standard InChI is InChI=1S/C12H18N4O3S/c1-2-3-6-16-11(19)13-14-12(16)20-8-10(18)15-7-4-5-9(15)17/h2-8H2,1H3,(H,13,19). The number of rotatable bonds is 6. The predicted octanol–water partition coefficient (Wildman–Crippen LogP) is 0.613. The molecule has 1 N–H and O–H groups in total. The van der Waals surface area contributed by atoms with E-state index in [0.717, 1.165) is 19.3 Å². The maximum absolute atomic E-state index is 11.9. The number of aromatic nitrogens is 3. The Labute approximate surface area is 120 Å². The van der Waals surface area contributed by atoms with Crippen LogP contribution in [0.25, 0.3) is 0 Å². The van der Waals surface area contributed by atoms with E-state index in [-0.39, 0.29) is 23.3 Å². The number of nitrogens with one attached hydrogen (secondary N) is 1. The van der Waals surface area contributed by atoms with Gasteiger partial charge in [0.05, 0.1) is 5.75 Å². The minimum atomic E-state index is -0.259.